The molecule has 0 aromatic heterocycles. The second-order valence-electron chi connectivity index (χ2n) is 6.25. The van der Waals surface area contributed by atoms with Crippen molar-refractivity contribution in [2.24, 2.45) is 0 Å². The van der Waals surface area contributed by atoms with Crippen LogP contribution in [0.15, 0.2) is 24.3 Å². The minimum Gasteiger partial charge on any atom is -0.381 e. The fourth-order valence-corrected chi connectivity index (χ4v) is 3.72. The highest BCUT2D eigenvalue weighted by Gasteiger charge is 2.37. The number of ether oxygens (including phenoxy) is 1. The predicted octanol–water partition coefficient (Wildman–Crippen LogP) is 1.78. The number of carbonyl (C=O) groups is 2. The van der Waals surface area contributed by atoms with Crippen LogP contribution in [0.3, 0.4) is 0 Å². The third-order valence-corrected chi connectivity index (χ3v) is 5.14. The monoisotopic (exact) mass is 336 g/mol. The van der Waals surface area contributed by atoms with Crippen LogP contribution in [0.1, 0.15) is 31.2 Å². The smallest absolute Gasteiger partial charge is 0.242 e. The van der Waals surface area contributed by atoms with Gasteiger partial charge in [0, 0.05) is 36.6 Å². The van der Waals surface area contributed by atoms with Crippen LogP contribution in [0, 0.1) is 0 Å². The van der Waals surface area contributed by atoms with Crippen molar-refractivity contribution in [2.45, 2.75) is 37.1 Å². The summed E-state index contributed by atoms with van der Waals surface area (Å²) < 4.78 is 5.49. The molecule has 2 fully saturated rings. The first-order valence-electron chi connectivity index (χ1n) is 8.01. The van der Waals surface area contributed by atoms with Crippen molar-refractivity contribution in [3.8, 4) is 0 Å². The predicted molar refractivity (Wildman–Crippen MR) is 87.4 cm³/mol. The molecule has 1 atom stereocenters. The van der Waals surface area contributed by atoms with Crippen LogP contribution < -0.4 is 10.6 Å². The minimum absolute atomic E-state index is 0.0583. The van der Waals surface area contributed by atoms with Crippen LogP contribution in [0.5, 0.6) is 0 Å². The highest BCUT2D eigenvalue weighted by atomic mass is 35.5. The Morgan fingerprint density at radius 1 is 1.35 bits per heavy atom. The maximum atomic E-state index is 12.3. The number of rotatable bonds is 4. The van der Waals surface area contributed by atoms with Crippen molar-refractivity contribution >= 4 is 23.4 Å². The van der Waals surface area contributed by atoms with E-state index in [-0.39, 0.29) is 17.2 Å². The van der Waals surface area contributed by atoms with Crippen LogP contribution in [0.2, 0.25) is 5.02 Å². The molecule has 2 N–H and O–H groups in total. The summed E-state index contributed by atoms with van der Waals surface area (Å²) >= 11 is 6.40. The second-order valence-corrected chi connectivity index (χ2v) is 6.66. The Morgan fingerprint density at radius 3 is 2.74 bits per heavy atom. The molecule has 5 nitrogen and oxygen atoms in total. The van der Waals surface area contributed by atoms with Crippen molar-refractivity contribution in [1.82, 2.24) is 10.6 Å². The van der Waals surface area contributed by atoms with Gasteiger partial charge in [-0.3, -0.25) is 9.59 Å². The lowest BCUT2D eigenvalue weighted by Gasteiger charge is -2.38. The number of carbonyl (C=O) groups excluding carboxylic acids is 2. The molecule has 23 heavy (non-hydrogen) atoms. The molecule has 0 unspecified atom stereocenters. The Hall–Kier alpha value is -1.59. The maximum Gasteiger partial charge on any atom is 0.242 e. The van der Waals surface area contributed by atoms with E-state index < -0.39 is 6.04 Å². The lowest BCUT2D eigenvalue weighted by Crippen LogP contribution is -2.49. The minimum atomic E-state index is -0.411. The number of amides is 2. The van der Waals surface area contributed by atoms with E-state index in [1.54, 1.807) is 0 Å². The van der Waals surface area contributed by atoms with Gasteiger partial charge < -0.3 is 15.4 Å². The Labute approximate surface area is 140 Å². The molecule has 3 rings (SSSR count). The van der Waals surface area contributed by atoms with Crippen molar-refractivity contribution in [2.75, 3.05) is 19.8 Å². The molecule has 1 aromatic carbocycles. The van der Waals surface area contributed by atoms with E-state index in [4.69, 9.17) is 16.3 Å². The molecule has 2 saturated heterocycles. The largest absolute Gasteiger partial charge is 0.381 e. The maximum absolute atomic E-state index is 12.3. The molecule has 2 heterocycles. The number of halogens is 1. The summed E-state index contributed by atoms with van der Waals surface area (Å²) in [6.45, 7) is 1.81. The molecule has 0 aliphatic carbocycles. The Kier molecular flexibility index (Phi) is 4.87. The SMILES string of the molecule is O=C1CC[C@@H](C(=O)NCC2(c3ccccc3Cl)CCOCC2)N1. The van der Waals surface area contributed by atoms with Gasteiger partial charge in [0.05, 0.1) is 0 Å². The van der Waals surface area contributed by atoms with E-state index in [0.29, 0.717) is 32.6 Å². The Bertz CT molecular complexity index is 599. The fourth-order valence-electron chi connectivity index (χ4n) is 3.39. The molecular formula is C17H21ClN2O3. The zero-order chi connectivity index (χ0) is 16.3. The van der Waals surface area contributed by atoms with E-state index in [0.717, 1.165) is 23.4 Å². The van der Waals surface area contributed by atoms with E-state index in [2.05, 4.69) is 10.6 Å². The van der Waals surface area contributed by atoms with Gasteiger partial charge >= 0.3 is 0 Å². The van der Waals surface area contributed by atoms with E-state index in [9.17, 15) is 9.59 Å². The first-order valence-corrected chi connectivity index (χ1v) is 8.38. The molecule has 6 heteroatoms. The molecule has 2 aliphatic heterocycles. The van der Waals surface area contributed by atoms with E-state index in [1.807, 2.05) is 24.3 Å². The molecule has 2 aliphatic rings. The lowest BCUT2D eigenvalue weighted by atomic mass is 9.74. The standard InChI is InChI=1S/C17H21ClN2O3/c18-13-4-2-1-3-12(13)17(7-9-23-10-8-17)11-19-16(22)14-5-6-15(21)20-14/h1-4,14H,5-11H2,(H,19,22)(H,20,21)/t14-/m0/s1. The number of nitrogens with one attached hydrogen (secondary N) is 2. The Balaban J connectivity index is 1.74. The van der Waals surface area contributed by atoms with E-state index >= 15 is 0 Å². The van der Waals surface area contributed by atoms with Gasteiger partial charge in [0.2, 0.25) is 11.8 Å². The fraction of sp³-hybridized carbons (Fsp3) is 0.529. The molecule has 0 saturated carbocycles. The van der Waals surface area contributed by atoms with Gasteiger partial charge in [0.15, 0.2) is 0 Å². The third-order valence-electron chi connectivity index (χ3n) is 4.81. The summed E-state index contributed by atoms with van der Waals surface area (Å²) in [6, 6.07) is 7.37. The molecule has 1 aromatic rings. The average molecular weight is 337 g/mol. The second kappa shape index (κ2) is 6.89. The van der Waals surface area contributed by atoms with Gasteiger partial charge in [-0.2, -0.15) is 0 Å². The normalized spacial score (nSPS) is 23.3. The number of hydrogen-bond donors (Lipinski definition) is 2. The van der Waals surface area contributed by atoms with Gasteiger partial charge in [0.1, 0.15) is 6.04 Å². The van der Waals surface area contributed by atoms with Crippen LogP contribution in [0.25, 0.3) is 0 Å². The van der Waals surface area contributed by atoms with Crippen LogP contribution in [0.4, 0.5) is 0 Å². The topological polar surface area (TPSA) is 67.4 Å². The molecule has 0 radical (unpaired) electrons. The summed E-state index contributed by atoms with van der Waals surface area (Å²) in [6.07, 6.45) is 2.61. The first kappa shape index (κ1) is 16.3. The van der Waals surface area contributed by atoms with Gasteiger partial charge in [-0.1, -0.05) is 29.8 Å². The van der Waals surface area contributed by atoms with Crippen LogP contribution in [-0.2, 0) is 19.7 Å². The van der Waals surface area contributed by atoms with Crippen molar-refractivity contribution in [3.05, 3.63) is 34.9 Å². The molecule has 0 spiro atoms. The number of benzene rings is 1. The van der Waals surface area contributed by atoms with Crippen LogP contribution in [-0.4, -0.2) is 37.6 Å². The molecular weight excluding hydrogens is 316 g/mol. The number of hydrogen-bond acceptors (Lipinski definition) is 3. The van der Waals surface area contributed by atoms with Gasteiger partial charge in [-0.15, -0.1) is 0 Å². The highest BCUT2D eigenvalue weighted by Crippen LogP contribution is 2.38. The summed E-state index contributed by atoms with van der Waals surface area (Å²) in [4.78, 5) is 23.6. The zero-order valence-electron chi connectivity index (χ0n) is 12.9. The van der Waals surface area contributed by atoms with Crippen molar-refractivity contribution < 1.29 is 14.3 Å². The summed E-state index contributed by atoms with van der Waals surface area (Å²) in [5, 5.41) is 6.44. The molecule has 0 bridgehead atoms. The lowest BCUT2D eigenvalue weighted by molar-refractivity contribution is -0.126. The zero-order valence-corrected chi connectivity index (χ0v) is 13.7. The molecule has 2 amide bonds. The van der Waals surface area contributed by atoms with E-state index in [1.165, 1.54) is 0 Å². The van der Waals surface area contributed by atoms with Gasteiger partial charge in [-0.25, -0.2) is 0 Å². The summed E-state index contributed by atoms with van der Waals surface area (Å²) in [7, 11) is 0. The highest BCUT2D eigenvalue weighted by molar-refractivity contribution is 6.31. The Morgan fingerprint density at radius 2 is 2.09 bits per heavy atom. The summed E-state index contributed by atoms with van der Waals surface area (Å²) in [5.41, 5.74) is 0.843. The first-order chi connectivity index (χ1) is 11.1. The van der Waals surface area contributed by atoms with Crippen molar-refractivity contribution in [3.63, 3.8) is 0 Å². The summed E-state index contributed by atoms with van der Waals surface area (Å²) in [5.74, 6) is -0.175. The quantitative estimate of drug-likeness (QED) is 0.880. The molecule has 124 valence electrons. The third kappa shape index (κ3) is 3.51. The van der Waals surface area contributed by atoms with Gasteiger partial charge in [0.25, 0.3) is 0 Å². The van der Waals surface area contributed by atoms with Gasteiger partial charge in [-0.05, 0) is 30.9 Å². The van der Waals surface area contributed by atoms with Crippen LogP contribution >= 0.6 is 11.6 Å². The van der Waals surface area contributed by atoms with Crippen molar-refractivity contribution in [1.29, 1.82) is 0 Å². The average Bonchev–Trinajstić information content (AvgIpc) is 3.00.